The van der Waals surface area contributed by atoms with E-state index in [1.807, 2.05) is 0 Å². The molecule has 0 N–H and O–H groups in total. The zero-order chi connectivity index (χ0) is 28.8. The Morgan fingerprint density at radius 3 is 1.60 bits per heavy atom. The molecule has 0 aliphatic heterocycles. The average molecular weight is 556 g/mol. The van der Waals surface area contributed by atoms with Crippen molar-refractivity contribution in [2.45, 2.75) is 109 Å². The SMILES string of the molecule is CCCCCCCCC1(CCCCCCCC)c2ccccc2-c2cccc(-n3c4ccccc4c4ccccc43)c21. The summed E-state index contributed by atoms with van der Waals surface area (Å²) in [5.41, 5.74) is 10.2. The lowest BCUT2D eigenvalue weighted by molar-refractivity contribution is 0.397. The van der Waals surface area contributed by atoms with Gasteiger partial charge >= 0.3 is 0 Å². The molecular weight excluding hydrogens is 506 g/mol. The number of benzene rings is 4. The molecule has 1 nitrogen and oxygen atoms in total. The Morgan fingerprint density at radius 2 is 0.976 bits per heavy atom. The van der Waals surface area contributed by atoms with Gasteiger partial charge in [0.1, 0.15) is 0 Å². The summed E-state index contributed by atoms with van der Waals surface area (Å²) in [6.07, 6.45) is 18.6. The highest BCUT2D eigenvalue weighted by Crippen LogP contribution is 2.56. The zero-order valence-electron chi connectivity index (χ0n) is 26.0. The summed E-state index contributed by atoms with van der Waals surface area (Å²) >= 11 is 0. The van der Waals surface area contributed by atoms with E-state index >= 15 is 0 Å². The Balaban J connectivity index is 1.49. The van der Waals surface area contributed by atoms with E-state index in [4.69, 9.17) is 0 Å². The molecule has 4 aromatic carbocycles. The quantitative estimate of drug-likeness (QED) is 0.113. The Bertz CT molecular complexity index is 1550. The monoisotopic (exact) mass is 555 g/mol. The minimum absolute atomic E-state index is 0.0600. The molecule has 42 heavy (non-hydrogen) atoms. The maximum absolute atomic E-state index is 2.59. The number of aromatic nitrogens is 1. The van der Waals surface area contributed by atoms with E-state index < -0.39 is 0 Å². The Kier molecular flexibility index (Phi) is 9.13. The highest BCUT2D eigenvalue weighted by Gasteiger charge is 2.44. The third kappa shape index (κ3) is 5.32. The number of fused-ring (bicyclic) bond motifs is 6. The van der Waals surface area contributed by atoms with E-state index in [1.54, 1.807) is 11.1 Å². The van der Waals surface area contributed by atoms with Gasteiger partial charge in [0, 0.05) is 16.2 Å². The lowest BCUT2D eigenvalue weighted by Crippen LogP contribution is -2.27. The zero-order valence-corrected chi connectivity index (χ0v) is 26.0. The summed E-state index contributed by atoms with van der Waals surface area (Å²) in [7, 11) is 0. The molecule has 0 fully saturated rings. The normalized spacial score (nSPS) is 13.6. The molecule has 1 aliphatic carbocycles. The fourth-order valence-corrected chi connectivity index (χ4v) is 7.96. The van der Waals surface area contributed by atoms with Crippen molar-refractivity contribution in [3.05, 3.63) is 102 Å². The summed E-state index contributed by atoms with van der Waals surface area (Å²) in [6.45, 7) is 4.64. The second-order valence-electron chi connectivity index (χ2n) is 12.7. The average Bonchev–Trinajstić information content (AvgIpc) is 3.52. The largest absolute Gasteiger partial charge is 0.309 e. The Hall–Kier alpha value is -3.32. The van der Waals surface area contributed by atoms with E-state index in [-0.39, 0.29) is 5.41 Å². The van der Waals surface area contributed by atoms with E-state index in [1.165, 1.54) is 129 Å². The van der Waals surface area contributed by atoms with Gasteiger partial charge in [0.2, 0.25) is 0 Å². The first-order valence-electron chi connectivity index (χ1n) is 17.0. The molecule has 0 bridgehead atoms. The van der Waals surface area contributed by atoms with Crippen LogP contribution in [0.5, 0.6) is 0 Å². The minimum Gasteiger partial charge on any atom is -0.309 e. The number of hydrogen-bond acceptors (Lipinski definition) is 0. The number of rotatable bonds is 15. The second kappa shape index (κ2) is 13.3. The van der Waals surface area contributed by atoms with E-state index in [0.717, 1.165) is 0 Å². The fraction of sp³-hybridized carbons (Fsp3) is 0.415. The molecule has 0 unspecified atom stereocenters. The topological polar surface area (TPSA) is 4.93 Å². The van der Waals surface area contributed by atoms with Crippen molar-refractivity contribution in [1.82, 2.24) is 4.57 Å². The Morgan fingerprint density at radius 1 is 0.476 bits per heavy atom. The highest BCUT2D eigenvalue weighted by atomic mass is 15.0. The minimum atomic E-state index is 0.0600. The van der Waals surface area contributed by atoms with Gasteiger partial charge in [0.05, 0.1) is 16.7 Å². The van der Waals surface area contributed by atoms with E-state index in [0.29, 0.717) is 0 Å². The smallest absolute Gasteiger partial charge is 0.0541 e. The van der Waals surface area contributed by atoms with Crippen LogP contribution in [0.4, 0.5) is 0 Å². The molecule has 6 rings (SSSR count). The van der Waals surface area contributed by atoms with Crippen LogP contribution < -0.4 is 0 Å². The van der Waals surface area contributed by atoms with Crippen LogP contribution in [0.15, 0.2) is 91.0 Å². The molecule has 5 aromatic rings. The molecule has 0 saturated carbocycles. The van der Waals surface area contributed by atoms with Gasteiger partial charge in [-0.1, -0.05) is 164 Å². The van der Waals surface area contributed by atoms with Crippen LogP contribution in [0.25, 0.3) is 38.6 Å². The van der Waals surface area contributed by atoms with Crippen LogP contribution in [0.3, 0.4) is 0 Å². The molecule has 218 valence electrons. The van der Waals surface area contributed by atoms with Gasteiger partial charge in [-0.15, -0.1) is 0 Å². The van der Waals surface area contributed by atoms with Crippen molar-refractivity contribution in [2.24, 2.45) is 0 Å². The molecular formula is C41H49N. The summed E-state index contributed by atoms with van der Waals surface area (Å²) in [6, 6.07) is 34.6. The predicted octanol–water partition coefficient (Wildman–Crippen LogP) is 12.6. The van der Waals surface area contributed by atoms with Crippen molar-refractivity contribution in [2.75, 3.05) is 0 Å². The molecule has 1 heterocycles. The second-order valence-corrected chi connectivity index (χ2v) is 12.7. The van der Waals surface area contributed by atoms with Gasteiger partial charge in [-0.25, -0.2) is 0 Å². The van der Waals surface area contributed by atoms with Gasteiger partial charge in [0.15, 0.2) is 0 Å². The van der Waals surface area contributed by atoms with Crippen LogP contribution >= 0.6 is 0 Å². The van der Waals surface area contributed by atoms with Gasteiger partial charge in [-0.05, 0) is 53.3 Å². The third-order valence-corrected chi connectivity index (χ3v) is 9.99. The summed E-state index contributed by atoms with van der Waals surface area (Å²) in [5, 5.41) is 2.69. The molecule has 0 amide bonds. The van der Waals surface area contributed by atoms with Crippen molar-refractivity contribution in [3.8, 4) is 16.8 Å². The standard InChI is InChI=1S/C41H49N/c1-3-5-7-9-11-19-30-41(31-20-12-10-8-6-4-2)36-26-16-13-22-32(36)35-25-21-29-39(40(35)41)42-37-27-17-14-23-33(37)34-24-15-18-28-38(34)42/h13-18,21-29H,3-12,19-20,30-31H2,1-2H3. The number of nitrogens with zero attached hydrogens (tertiary/aromatic N) is 1. The van der Waals surface area contributed by atoms with E-state index in [2.05, 4.69) is 109 Å². The van der Waals surface area contributed by atoms with Crippen LogP contribution in [0.2, 0.25) is 0 Å². The van der Waals surface area contributed by atoms with Gasteiger partial charge in [0.25, 0.3) is 0 Å². The van der Waals surface area contributed by atoms with Crippen molar-refractivity contribution >= 4 is 21.8 Å². The first-order valence-corrected chi connectivity index (χ1v) is 17.0. The van der Waals surface area contributed by atoms with E-state index in [9.17, 15) is 0 Å². The number of para-hydroxylation sites is 2. The van der Waals surface area contributed by atoms with Crippen LogP contribution in [0, 0.1) is 0 Å². The molecule has 0 atom stereocenters. The van der Waals surface area contributed by atoms with Gasteiger partial charge in [-0.3, -0.25) is 0 Å². The van der Waals surface area contributed by atoms with Crippen LogP contribution in [0.1, 0.15) is 115 Å². The fourth-order valence-electron chi connectivity index (χ4n) is 7.96. The molecule has 1 heteroatoms. The third-order valence-electron chi connectivity index (χ3n) is 9.99. The molecule has 1 aliphatic rings. The summed E-state index contributed by atoms with van der Waals surface area (Å²) in [4.78, 5) is 0. The highest BCUT2D eigenvalue weighted by molar-refractivity contribution is 6.09. The molecule has 0 saturated heterocycles. The maximum Gasteiger partial charge on any atom is 0.0541 e. The van der Waals surface area contributed by atoms with Crippen LogP contribution in [-0.4, -0.2) is 4.57 Å². The van der Waals surface area contributed by atoms with Crippen molar-refractivity contribution in [1.29, 1.82) is 0 Å². The van der Waals surface area contributed by atoms with Crippen molar-refractivity contribution in [3.63, 3.8) is 0 Å². The van der Waals surface area contributed by atoms with Crippen LogP contribution in [-0.2, 0) is 5.41 Å². The molecule has 0 radical (unpaired) electrons. The Labute approximate surface area is 254 Å². The summed E-state index contributed by atoms with van der Waals surface area (Å²) in [5.74, 6) is 0. The summed E-state index contributed by atoms with van der Waals surface area (Å²) < 4.78 is 2.59. The van der Waals surface area contributed by atoms with Crippen molar-refractivity contribution < 1.29 is 0 Å². The number of unbranched alkanes of at least 4 members (excludes halogenated alkanes) is 10. The van der Waals surface area contributed by atoms with Gasteiger partial charge in [-0.2, -0.15) is 0 Å². The van der Waals surface area contributed by atoms with Gasteiger partial charge < -0.3 is 4.57 Å². The maximum atomic E-state index is 2.59. The molecule has 1 aromatic heterocycles. The predicted molar refractivity (Wildman–Crippen MR) is 183 cm³/mol. The number of hydrogen-bond donors (Lipinski definition) is 0. The first-order chi connectivity index (χ1) is 20.8. The lowest BCUT2D eigenvalue weighted by Gasteiger charge is -2.34. The lowest BCUT2D eigenvalue weighted by atomic mass is 9.70. The molecule has 0 spiro atoms. The first kappa shape index (κ1) is 28.8.